The summed E-state index contributed by atoms with van der Waals surface area (Å²) < 4.78 is 9.95. The number of hydrogen-bond acceptors (Lipinski definition) is 4. The zero-order chi connectivity index (χ0) is 13.2. The Kier molecular flexibility index (Phi) is 3.52. The predicted octanol–water partition coefficient (Wildman–Crippen LogP) is 1.64. The maximum Gasteiger partial charge on any atom is 0.334 e. The van der Waals surface area contributed by atoms with Gasteiger partial charge in [0.2, 0.25) is 0 Å². The number of esters is 1. The van der Waals surface area contributed by atoms with E-state index < -0.39 is 17.4 Å². The Morgan fingerprint density at radius 2 is 2.17 bits per heavy atom. The quantitative estimate of drug-likeness (QED) is 0.245. The molecule has 1 unspecified atom stereocenters. The van der Waals surface area contributed by atoms with Gasteiger partial charge in [-0.2, -0.15) is 0 Å². The molecule has 0 spiro atoms. The van der Waals surface area contributed by atoms with Crippen molar-refractivity contribution in [2.45, 2.75) is 31.8 Å². The van der Waals surface area contributed by atoms with E-state index in [-0.39, 0.29) is 11.7 Å². The third-order valence-corrected chi connectivity index (χ3v) is 3.31. The number of carbonyl (C=O) groups is 2. The van der Waals surface area contributed by atoms with Crippen LogP contribution in [0.3, 0.4) is 0 Å². The van der Waals surface area contributed by atoms with Gasteiger partial charge in [-0.3, -0.25) is 4.79 Å². The fraction of sp³-hybridized carbons (Fsp3) is 0.538. The number of carbonyl (C=O) groups excluding carboxylic acids is 1. The van der Waals surface area contributed by atoms with Crippen LogP contribution in [0.5, 0.6) is 0 Å². The molecule has 2 aliphatic rings. The van der Waals surface area contributed by atoms with E-state index in [4.69, 9.17) is 14.6 Å². The molecule has 2 fully saturated rings. The molecule has 1 N–H and O–H groups in total. The van der Waals surface area contributed by atoms with Crippen LogP contribution in [0.15, 0.2) is 24.5 Å². The van der Waals surface area contributed by atoms with E-state index in [1.54, 1.807) is 6.08 Å². The average Bonchev–Trinajstić information content (AvgIpc) is 3.22. The highest BCUT2D eigenvalue weighted by atomic mass is 16.6. The topological polar surface area (TPSA) is 76.1 Å². The standard InChI is InChI=1S/C13H16O5/c1-2-13(5-6-13)12(16)18-7-9(11(14)15)3-4-10-8-17-10/h2,7,10H,1,3-6,8H2,(H,14,15). The molecule has 1 heterocycles. The van der Waals surface area contributed by atoms with E-state index >= 15 is 0 Å². The summed E-state index contributed by atoms with van der Waals surface area (Å²) in [7, 11) is 0. The summed E-state index contributed by atoms with van der Waals surface area (Å²) >= 11 is 0. The number of ether oxygens (including phenoxy) is 2. The fourth-order valence-electron chi connectivity index (χ4n) is 1.64. The molecule has 1 saturated carbocycles. The van der Waals surface area contributed by atoms with E-state index in [0.29, 0.717) is 19.4 Å². The summed E-state index contributed by atoms with van der Waals surface area (Å²) in [5, 5.41) is 8.97. The first-order chi connectivity index (χ1) is 8.57. The summed E-state index contributed by atoms with van der Waals surface area (Å²) in [6, 6.07) is 0. The maximum absolute atomic E-state index is 11.7. The number of carboxylic acids is 1. The molecule has 1 aliphatic carbocycles. The van der Waals surface area contributed by atoms with Gasteiger partial charge in [-0.15, -0.1) is 6.58 Å². The van der Waals surface area contributed by atoms with Crippen LogP contribution in [0.4, 0.5) is 0 Å². The van der Waals surface area contributed by atoms with Gasteiger partial charge >= 0.3 is 11.9 Å². The molecule has 0 bridgehead atoms. The first-order valence-electron chi connectivity index (χ1n) is 5.96. The Labute approximate surface area is 105 Å². The molecular weight excluding hydrogens is 236 g/mol. The van der Waals surface area contributed by atoms with Crippen LogP contribution >= 0.6 is 0 Å². The Bertz CT molecular complexity index is 402. The first-order valence-corrected chi connectivity index (χ1v) is 5.96. The van der Waals surface area contributed by atoms with Crippen LogP contribution < -0.4 is 0 Å². The maximum atomic E-state index is 11.7. The lowest BCUT2D eigenvalue weighted by Gasteiger charge is -2.07. The first kappa shape index (κ1) is 12.8. The van der Waals surface area contributed by atoms with Gasteiger partial charge in [0, 0.05) is 0 Å². The zero-order valence-corrected chi connectivity index (χ0v) is 10.1. The van der Waals surface area contributed by atoms with E-state index in [1.165, 1.54) is 0 Å². The van der Waals surface area contributed by atoms with Crippen molar-refractivity contribution in [1.29, 1.82) is 0 Å². The van der Waals surface area contributed by atoms with Crippen LogP contribution in [-0.4, -0.2) is 29.8 Å². The van der Waals surface area contributed by atoms with Gasteiger partial charge in [0.25, 0.3) is 0 Å². The van der Waals surface area contributed by atoms with E-state index in [0.717, 1.165) is 19.1 Å². The van der Waals surface area contributed by atoms with Gasteiger partial charge in [-0.1, -0.05) is 6.08 Å². The van der Waals surface area contributed by atoms with Crippen LogP contribution in [0.1, 0.15) is 25.7 Å². The third kappa shape index (κ3) is 2.98. The normalized spacial score (nSPS) is 24.2. The van der Waals surface area contributed by atoms with E-state index in [2.05, 4.69) is 6.58 Å². The molecule has 5 heteroatoms. The van der Waals surface area contributed by atoms with E-state index in [1.807, 2.05) is 0 Å². The molecule has 1 aliphatic heterocycles. The molecule has 5 nitrogen and oxygen atoms in total. The Morgan fingerprint density at radius 1 is 1.50 bits per heavy atom. The van der Waals surface area contributed by atoms with Crippen molar-refractivity contribution in [1.82, 2.24) is 0 Å². The van der Waals surface area contributed by atoms with Gasteiger partial charge < -0.3 is 14.6 Å². The number of aliphatic carboxylic acids is 1. The largest absolute Gasteiger partial charge is 0.478 e. The second-order valence-electron chi connectivity index (χ2n) is 4.71. The molecule has 1 saturated heterocycles. The molecule has 1 atom stereocenters. The van der Waals surface area contributed by atoms with Crippen molar-refractivity contribution >= 4 is 11.9 Å². The predicted molar refractivity (Wildman–Crippen MR) is 62.6 cm³/mol. The zero-order valence-electron chi connectivity index (χ0n) is 10.1. The highest BCUT2D eigenvalue weighted by Gasteiger charge is 2.48. The fourth-order valence-corrected chi connectivity index (χ4v) is 1.64. The monoisotopic (exact) mass is 252 g/mol. The van der Waals surface area contributed by atoms with E-state index in [9.17, 15) is 9.59 Å². The van der Waals surface area contributed by atoms with Crippen molar-refractivity contribution in [2.24, 2.45) is 5.41 Å². The molecule has 98 valence electrons. The van der Waals surface area contributed by atoms with Crippen molar-refractivity contribution in [3.8, 4) is 0 Å². The molecule has 0 radical (unpaired) electrons. The number of epoxide rings is 1. The Hall–Kier alpha value is -1.62. The second-order valence-corrected chi connectivity index (χ2v) is 4.71. The van der Waals surface area contributed by atoms with Crippen molar-refractivity contribution in [3.63, 3.8) is 0 Å². The Morgan fingerprint density at radius 3 is 2.61 bits per heavy atom. The molecule has 0 aromatic rings. The summed E-state index contributed by atoms with van der Waals surface area (Å²) in [5.41, 5.74) is -0.488. The lowest BCUT2D eigenvalue weighted by Crippen LogP contribution is -2.15. The number of rotatable bonds is 7. The molecular formula is C13H16O5. The minimum Gasteiger partial charge on any atom is -0.478 e. The number of hydrogen-bond donors (Lipinski definition) is 1. The van der Waals surface area contributed by atoms with Crippen LogP contribution in [-0.2, 0) is 19.1 Å². The smallest absolute Gasteiger partial charge is 0.334 e. The third-order valence-electron chi connectivity index (χ3n) is 3.31. The van der Waals surface area contributed by atoms with Crippen molar-refractivity contribution < 1.29 is 24.2 Å². The minimum absolute atomic E-state index is 0.0960. The second kappa shape index (κ2) is 4.94. The highest BCUT2D eigenvalue weighted by Crippen LogP contribution is 2.47. The summed E-state index contributed by atoms with van der Waals surface area (Å²) in [5.74, 6) is -1.48. The van der Waals surface area contributed by atoms with Crippen LogP contribution in [0.2, 0.25) is 0 Å². The van der Waals surface area contributed by atoms with Gasteiger partial charge in [-0.25, -0.2) is 4.79 Å². The summed E-state index contributed by atoms with van der Waals surface area (Å²) in [4.78, 5) is 22.6. The number of carboxylic acid groups (broad SMARTS) is 1. The van der Waals surface area contributed by atoms with Crippen LogP contribution in [0.25, 0.3) is 0 Å². The molecule has 0 aromatic heterocycles. The molecule has 0 amide bonds. The van der Waals surface area contributed by atoms with Gasteiger partial charge in [0.1, 0.15) is 6.26 Å². The van der Waals surface area contributed by atoms with Crippen LogP contribution in [0, 0.1) is 5.41 Å². The average molecular weight is 252 g/mol. The molecule has 0 aromatic carbocycles. The lowest BCUT2D eigenvalue weighted by atomic mass is 10.1. The highest BCUT2D eigenvalue weighted by molar-refractivity contribution is 5.87. The molecule has 2 rings (SSSR count). The molecule has 18 heavy (non-hydrogen) atoms. The van der Waals surface area contributed by atoms with Gasteiger partial charge in [0.05, 0.1) is 23.7 Å². The Balaban J connectivity index is 1.88. The SMILES string of the molecule is C=CC1(C(=O)OC=C(CCC2CO2)C(=O)O)CC1. The van der Waals surface area contributed by atoms with Gasteiger partial charge in [0.15, 0.2) is 0 Å². The lowest BCUT2D eigenvalue weighted by molar-refractivity contribution is -0.142. The van der Waals surface area contributed by atoms with Crippen molar-refractivity contribution in [3.05, 3.63) is 24.5 Å². The summed E-state index contributed by atoms with van der Waals surface area (Å²) in [6.07, 6.45) is 5.21. The van der Waals surface area contributed by atoms with Crippen molar-refractivity contribution in [2.75, 3.05) is 6.61 Å². The minimum atomic E-state index is -1.06. The summed E-state index contributed by atoms with van der Waals surface area (Å²) in [6.45, 7) is 4.28. The van der Waals surface area contributed by atoms with Gasteiger partial charge in [-0.05, 0) is 25.7 Å².